The molecule has 1 aliphatic heterocycles. The number of allylic oxidation sites excluding steroid dienone is 6. The van der Waals surface area contributed by atoms with Gasteiger partial charge in [0.25, 0.3) is 0 Å². The van der Waals surface area contributed by atoms with Crippen molar-refractivity contribution in [1.29, 1.82) is 0 Å². The van der Waals surface area contributed by atoms with E-state index in [9.17, 15) is 0 Å². The molecule has 2 heteroatoms. The van der Waals surface area contributed by atoms with Gasteiger partial charge in [-0.25, -0.2) is 0 Å². The molecule has 120 valence electrons. The highest BCUT2D eigenvalue weighted by Crippen LogP contribution is 2.30. The largest absolute Gasteiger partial charge is 0.460 e. The lowest BCUT2D eigenvalue weighted by molar-refractivity contribution is 0.288. The first kappa shape index (κ1) is 16.7. The fraction of sp³-hybridized carbons (Fsp3) is 0.500. The lowest BCUT2D eigenvalue weighted by Crippen LogP contribution is -2.21. The normalized spacial score (nSPS) is 22.5. The van der Waals surface area contributed by atoms with Gasteiger partial charge in [0.2, 0.25) is 0 Å². The van der Waals surface area contributed by atoms with Crippen LogP contribution in [0.1, 0.15) is 47.0 Å². The van der Waals surface area contributed by atoms with Gasteiger partial charge in [0.1, 0.15) is 11.5 Å². The predicted octanol–water partition coefficient (Wildman–Crippen LogP) is 5.33. The fourth-order valence-electron chi connectivity index (χ4n) is 2.83. The Kier molecular flexibility index (Phi) is 6.11. The van der Waals surface area contributed by atoms with E-state index in [1.165, 1.54) is 24.0 Å². The zero-order valence-corrected chi connectivity index (χ0v) is 14.4. The molecule has 0 radical (unpaired) electrons. The molecular weight excluding hydrogens is 270 g/mol. The quantitative estimate of drug-likeness (QED) is 0.636. The van der Waals surface area contributed by atoms with E-state index in [4.69, 9.17) is 4.74 Å². The van der Waals surface area contributed by atoms with Gasteiger partial charge in [-0.2, -0.15) is 0 Å². The average Bonchev–Trinajstić information content (AvgIpc) is 2.63. The van der Waals surface area contributed by atoms with Gasteiger partial charge in [-0.3, -0.25) is 0 Å². The second-order valence-electron chi connectivity index (χ2n) is 6.33. The molecule has 22 heavy (non-hydrogen) atoms. The zero-order chi connectivity index (χ0) is 15.9. The molecule has 0 bridgehead atoms. The molecule has 0 fully saturated rings. The minimum atomic E-state index is 0.558. The second-order valence-corrected chi connectivity index (χ2v) is 6.33. The highest BCUT2D eigenvalue weighted by molar-refractivity contribution is 5.34. The van der Waals surface area contributed by atoms with Crippen molar-refractivity contribution < 1.29 is 4.74 Å². The molecule has 0 aromatic carbocycles. The summed E-state index contributed by atoms with van der Waals surface area (Å²) in [4.78, 5) is 2.39. The Morgan fingerprint density at radius 2 is 2.27 bits per heavy atom. The molecule has 1 aliphatic carbocycles. The first-order chi connectivity index (χ1) is 10.6. The van der Waals surface area contributed by atoms with E-state index in [1.807, 2.05) is 6.92 Å². The van der Waals surface area contributed by atoms with Crippen LogP contribution in [0.25, 0.3) is 0 Å². The number of hydrogen-bond donors (Lipinski definition) is 0. The van der Waals surface area contributed by atoms with Gasteiger partial charge in [-0.05, 0) is 37.8 Å². The minimum Gasteiger partial charge on any atom is -0.460 e. The van der Waals surface area contributed by atoms with E-state index in [1.54, 1.807) is 0 Å². The Bertz CT molecular complexity index is 534. The second kappa shape index (κ2) is 8.07. The van der Waals surface area contributed by atoms with Crippen molar-refractivity contribution in [2.75, 3.05) is 13.1 Å². The Labute approximate surface area is 135 Å². The van der Waals surface area contributed by atoms with Crippen LogP contribution in [0.2, 0.25) is 0 Å². The van der Waals surface area contributed by atoms with Crippen molar-refractivity contribution in [3.8, 4) is 0 Å². The number of rotatable bonds is 5. The van der Waals surface area contributed by atoms with Gasteiger partial charge in [-0.1, -0.05) is 44.6 Å². The van der Waals surface area contributed by atoms with Crippen LogP contribution in [0.5, 0.6) is 0 Å². The van der Waals surface area contributed by atoms with Crippen molar-refractivity contribution in [2.45, 2.75) is 47.0 Å². The van der Waals surface area contributed by atoms with Crippen molar-refractivity contribution >= 4 is 0 Å². The summed E-state index contributed by atoms with van der Waals surface area (Å²) in [5, 5.41) is 0. The number of nitrogens with zero attached hydrogens (tertiary/aromatic N) is 1. The van der Waals surface area contributed by atoms with Crippen LogP contribution in [-0.4, -0.2) is 18.0 Å². The van der Waals surface area contributed by atoms with E-state index in [-0.39, 0.29) is 0 Å². The zero-order valence-electron chi connectivity index (χ0n) is 14.4. The van der Waals surface area contributed by atoms with Crippen LogP contribution < -0.4 is 0 Å². The molecule has 2 aliphatic rings. The van der Waals surface area contributed by atoms with E-state index in [2.05, 4.69) is 62.3 Å². The molecule has 0 aromatic rings. The molecule has 0 saturated carbocycles. The number of hydrogen-bond acceptors (Lipinski definition) is 2. The van der Waals surface area contributed by atoms with Crippen molar-refractivity contribution in [3.63, 3.8) is 0 Å². The van der Waals surface area contributed by atoms with E-state index >= 15 is 0 Å². The van der Waals surface area contributed by atoms with Crippen molar-refractivity contribution in [2.24, 2.45) is 5.92 Å². The monoisotopic (exact) mass is 299 g/mol. The Balaban J connectivity index is 2.26. The molecule has 0 aromatic heterocycles. The molecule has 0 amide bonds. The van der Waals surface area contributed by atoms with Gasteiger partial charge in [0.05, 0.1) is 0 Å². The van der Waals surface area contributed by atoms with Gasteiger partial charge in [0, 0.05) is 31.3 Å². The van der Waals surface area contributed by atoms with Crippen LogP contribution in [0, 0.1) is 5.92 Å². The van der Waals surface area contributed by atoms with Crippen LogP contribution in [0.4, 0.5) is 0 Å². The summed E-state index contributed by atoms with van der Waals surface area (Å²) >= 11 is 0. The fourth-order valence-corrected chi connectivity index (χ4v) is 2.83. The number of unbranched alkanes of at least 4 members (excludes halogenated alkanes) is 1. The molecule has 0 spiro atoms. The molecular formula is C20H29NO. The highest BCUT2D eigenvalue weighted by atomic mass is 16.5. The van der Waals surface area contributed by atoms with Crippen LogP contribution >= 0.6 is 0 Å². The highest BCUT2D eigenvalue weighted by Gasteiger charge is 2.20. The third kappa shape index (κ3) is 4.66. The first-order valence-electron chi connectivity index (χ1n) is 8.47. The summed E-state index contributed by atoms with van der Waals surface area (Å²) in [6, 6.07) is 0. The summed E-state index contributed by atoms with van der Waals surface area (Å²) in [5.74, 6) is 2.66. The maximum Gasteiger partial charge on any atom is 0.143 e. The molecule has 1 unspecified atom stereocenters. The standard InChI is InChI=1S/C20H29NO/c1-5-7-11-21-14-18-10-9-17(4)13-20(18)22-19(15-21)12-16(3)8-6-2/h6,8-10,12,15,17H,5,7,11,13-14H2,1-4H3/b8-6-,16-12-. The topological polar surface area (TPSA) is 12.5 Å². The maximum absolute atomic E-state index is 6.25. The molecule has 1 heterocycles. The maximum atomic E-state index is 6.25. The Morgan fingerprint density at radius 1 is 1.45 bits per heavy atom. The van der Waals surface area contributed by atoms with Gasteiger partial charge < -0.3 is 9.64 Å². The first-order valence-corrected chi connectivity index (χ1v) is 8.47. The van der Waals surface area contributed by atoms with E-state index in [0.717, 1.165) is 31.0 Å². The van der Waals surface area contributed by atoms with Crippen molar-refractivity contribution in [3.05, 3.63) is 59.2 Å². The summed E-state index contributed by atoms with van der Waals surface area (Å²) in [5.41, 5.74) is 2.55. The third-order valence-electron chi connectivity index (χ3n) is 4.01. The lowest BCUT2D eigenvalue weighted by Gasteiger charge is -2.21. The summed E-state index contributed by atoms with van der Waals surface area (Å²) < 4.78 is 6.25. The minimum absolute atomic E-state index is 0.558. The van der Waals surface area contributed by atoms with E-state index < -0.39 is 0 Å². The average molecular weight is 299 g/mol. The summed E-state index contributed by atoms with van der Waals surface area (Å²) in [6.45, 7) is 10.7. The molecule has 2 rings (SSSR count). The Hall–Kier alpha value is -1.70. The SMILES string of the molecule is C/C=C\C(C)=C/C1=CN(CCCC)CC2=C(CC(C)C=C2)O1. The van der Waals surface area contributed by atoms with Crippen molar-refractivity contribution in [1.82, 2.24) is 4.90 Å². The van der Waals surface area contributed by atoms with Crippen LogP contribution in [0.15, 0.2) is 59.2 Å². The molecule has 1 atom stereocenters. The third-order valence-corrected chi connectivity index (χ3v) is 4.01. The number of ether oxygens (including phenoxy) is 1. The van der Waals surface area contributed by atoms with Gasteiger partial charge in [-0.15, -0.1) is 0 Å². The van der Waals surface area contributed by atoms with Crippen LogP contribution in [0.3, 0.4) is 0 Å². The van der Waals surface area contributed by atoms with Crippen LogP contribution in [-0.2, 0) is 4.74 Å². The van der Waals surface area contributed by atoms with Gasteiger partial charge >= 0.3 is 0 Å². The predicted molar refractivity (Wildman–Crippen MR) is 94.2 cm³/mol. The Morgan fingerprint density at radius 3 is 3.00 bits per heavy atom. The molecule has 0 N–H and O–H groups in total. The van der Waals surface area contributed by atoms with Gasteiger partial charge in [0.15, 0.2) is 0 Å². The lowest BCUT2D eigenvalue weighted by atomic mass is 9.96. The summed E-state index contributed by atoms with van der Waals surface area (Å²) in [7, 11) is 0. The molecule has 2 nitrogen and oxygen atoms in total. The smallest absolute Gasteiger partial charge is 0.143 e. The molecule has 0 saturated heterocycles. The van der Waals surface area contributed by atoms with E-state index in [0.29, 0.717) is 5.92 Å². The summed E-state index contributed by atoms with van der Waals surface area (Å²) in [6.07, 6.45) is 16.5.